The summed E-state index contributed by atoms with van der Waals surface area (Å²) in [4.78, 5) is 75.2. The summed E-state index contributed by atoms with van der Waals surface area (Å²) in [5.74, 6) is -2.71. The first-order valence-electron chi connectivity index (χ1n) is 20.3. The van der Waals surface area contributed by atoms with Gasteiger partial charge in [0.05, 0.1) is 52.7 Å². The number of nitrogens with one attached hydrogen (secondary N) is 5. The number of fused-ring (bicyclic) bond motifs is 1. The molecule has 20 nitrogen and oxygen atoms in total. The van der Waals surface area contributed by atoms with E-state index in [4.69, 9.17) is 42.9 Å². The Morgan fingerprint density at radius 2 is 1.60 bits per heavy atom. The van der Waals surface area contributed by atoms with Gasteiger partial charge in [-0.25, -0.2) is 9.59 Å². The number of rotatable bonds is 26. The van der Waals surface area contributed by atoms with Crippen molar-refractivity contribution in [2.75, 3.05) is 59.5 Å². The minimum atomic E-state index is -1.86. The van der Waals surface area contributed by atoms with Gasteiger partial charge in [0.1, 0.15) is 28.4 Å². The van der Waals surface area contributed by atoms with Crippen LogP contribution in [0.2, 0.25) is 0 Å². The lowest BCUT2D eigenvalue weighted by Crippen LogP contribution is -2.53. The standard InChI is InChI=1S/C41H54N6O14S2/c1-41(2)58-33(36(49)44-15-17-56-19-18-55-16-14-43-31(48)13-9-8-12-30-32-27(23-62-30)45-40(52)46-32)34(59-41)37(50)47-38(39(51)57-22-25-10-6-5-7-11-25)61-60-26-20-28(53-3)35(63-24-42)29(21-26)54-4/h5-7,10-11,20-21,27,30,32-34,38H,8-9,12-19,22-23H2,1-4H3,(H,43,48)(H,44,49)(H,47,50)(H2,45,46,52)/t27-,30-,32-,33+,34-,38?/m0/s1. The summed E-state index contributed by atoms with van der Waals surface area (Å²) in [7, 11) is 2.76. The lowest BCUT2D eigenvalue weighted by molar-refractivity contribution is -0.256. The van der Waals surface area contributed by atoms with Crippen LogP contribution in [0.5, 0.6) is 17.2 Å². The Hall–Kier alpha value is -5.02. The Labute approximate surface area is 373 Å². The number of unbranched alkanes of at least 4 members (excludes halogenated alkanes) is 1. The smallest absolute Gasteiger partial charge is 0.361 e. The molecule has 22 heteroatoms. The van der Waals surface area contributed by atoms with Gasteiger partial charge in [0.2, 0.25) is 5.91 Å². The molecule has 3 aliphatic heterocycles. The minimum Gasteiger partial charge on any atom is -0.495 e. The van der Waals surface area contributed by atoms with Crippen molar-refractivity contribution in [1.82, 2.24) is 26.6 Å². The average Bonchev–Trinajstić information content (AvgIpc) is 3.95. The third-order valence-corrected chi connectivity index (χ3v) is 11.9. The fourth-order valence-corrected chi connectivity index (χ4v) is 8.85. The first kappa shape index (κ1) is 49.0. The van der Waals surface area contributed by atoms with Crippen molar-refractivity contribution in [1.29, 1.82) is 5.26 Å². The van der Waals surface area contributed by atoms with Gasteiger partial charge < -0.3 is 64.6 Å². The molecule has 5 rings (SSSR count). The van der Waals surface area contributed by atoms with Gasteiger partial charge in [-0.1, -0.05) is 36.8 Å². The van der Waals surface area contributed by atoms with Crippen LogP contribution in [0.4, 0.5) is 4.79 Å². The molecule has 0 spiro atoms. The van der Waals surface area contributed by atoms with Crippen molar-refractivity contribution >= 4 is 53.2 Å². The maximum atomic E-state index is 13.7. The SMILES string of the molecule is COc1cc(OOC(NC(=O)[C@H]2OC(C)(C)O[C@H]2C(=O)NCCOCCOCCNC(=O)CCCC[C@@H]2SC[C@@H]3NC(=O)N[C@@H]32)C(=O)OCc2ccccc2)cc(OC)c1SC#N. The zero-order valence-electron chi connectivity index (χ0n) is 35.5. The number of ether oxygens (including phenoxy) is 7. The summed E-state index contributed by atoms with van der Waals surface area (Å²) >= 11 is 2.66. The largest absolute Gasteiger partial charge is 0.495 e. The van der Waals surface area contributed by atoms with Crippen molar-refractivity contribution in [2.45, 2.75) is 92.6 Å². The van der Waals surface area contributed by atoms with E-state index in [1.807, 2.05) is 17.2 Å². The van der Waals surface area contributed by atoms with Crippen molar-refractivity contribution < 1.29 is 66.9 Å². The van der Waals surface area contributed by atoms with E-state index in [0.717, 1.165) is 36.8 Å². The van der Waals surface area contributed by atoms with Gasteiger partial charge in [-0.15, -0.1) is 0 Å². The van der Waals surface area contributed by atoms with Gasteiger partial charge in [-0.05, 0) is 44.0 Å². The number of thiocyanates is 1. The van der Waals surface area contributed by atoms with Crippen LogP contribution in [0, 0.1) is 10.7 Å². The van der Waals surface area contributed by atoms with Gasteiger partial charge in [-0.3, -0.25) is 14.4 Å². The van der Waals surface area contributed by atoms with Gasteiger partial charge in [0.25, 0.3) is 18.0 Å². The number of amides is 5. The molecule has 0 radical (unpaired) electrons. The summed E-state index contributed by atoms with van der Waals surface area (Å²) in [5.41, 5.74) is 0.663. The van der Waals surface area contributed by atoms with Crippen LogP contribution in [0.1, 0.15) is 45.1 Å². The summed E-state index contributed by atoms with van der Waals surface area (Å²) in [6, 6.07) is 11.8. The third kappa shape index (κ3) is 15.0. The Kier molecular flexibility index (Phi) is 19.2. The number of esters is 1. The van der Waals surface area contributed by atoms with Crippen LogP contribution in [0.15, 0.2) is 47.4 Å². The van der Waals surface area contributed by atoms with Crippen LogP contribution >= 0.6 is 23.5 Å². The fraction of sp³-hybridized carbons (Fsp3) is 0.561. The molecule has 3 aliphatic rings. The lowest BCUT2D eigenvalue weighted by atomic mass is 10.0. The van der Waals surface area contributed by atoms with E-state index in [1.54, 1.807) is 30.3 Å². The molecule has 0 aromatic heterocycles. The molecule has 344 valence electrons. The van der Waals surface area contributed by atoms with E-state index >= 15 is 0 Å². The van der Waals surface area contributed by atoms with E-state index in [2.05, 4.69) is 26.6 Å². The van der Waals surface area contributed by atoms with Crippen LogP contribution in [-0.4, -0.2) is 131 Å². The molecule has 3 heterocycles. The van der Waals surface area contributed by atoms with E-state index in [9.17, 15) is 29.2 Å². The van der Waals surface area contributed by atoms with E-state index in [-0.39, 0.29) is 74.2 Å². The van der Waals surface area contributed by atoms with Crippen LogP contribution in [0.3, 0.4) is 0 Å². The summed E-state index contributed by atoms with van der Waals surface area (Å²) in [5, 5.41) is 25.4. The molecule has 3 saturated heterocycles. The second-order valence-corrected chi connectivity index (χ2v) is 16.8. The Morgan fingerprint density at radius 1 is 0.937 bits per heavy atom. The molecule has 0 aliphatic carbocycles. The molecular weight excluding hydrogens is 865 g/mol. The Bertz CT molecular complexity index is 1880. The highest BCUT2D eigenvalue weighted by atomic mass is 32.2. The number of nitriles is 1. The second-order valence-electron chi connectivity index (χ2n) is 14.7. The zero-order chi connectivity index (χ0) is 45.2. The number of carbonyl (C=O) groups excluding carboxylic acids is 5. The number of thioether (sulfide) groups is 2. The number of hydrogen-bond donors (Lipinski definition) is 5. The Balaban J connectivity index is 1.02. The maximum absolute atomic E-state index is 13.7. The quantitative estimate of drug-likeness (QED) is 0.0133. The summed E-state index contributed by atoms with van der Waals surface area (Å²) < 4.78 is 38.8. The molecule has 3 fully saturated rings. The van der Waals surface area contributed by atoms with Crippen LogP contribution in [-0.2, 0) is 54.4 Å². The molecule has 5 N–H and O–H groups in total. The topological polar surface area (TPSA) is 252 Å². The van der Waals surface area contributed by atoms with E-state index in [0.29, 0.717) is 35.3 Å². The molecule has 5 amide bonds. The number of urea groups is 1. The molecule has 1 unspecified atom stereocenters. The highest BCUT2D eigenvalue weighted by Crippen LogP contribution is 2.41. The molecule has 63 heavy (non-hydrogen) atoms. The van der Waals surface area contributed by atoms with Crippen LogP contribution < -0.4 is 40.9 Å². The highest BCUT2D eigenvalue weighted by Gasteiger charge is 2.50. The minimum absolute atomic E-state index is 0.00620. The normalized spacial score (nSPS) is 21.2. The zero-order valence-corrected chi connectivity index (χ0v) is 37.1. The van der Waals surface area contributed by atoms with Crippen molar-refractivity contribution in [3.63, 3.8) is 0 Å². The first-order valence-corrected chi connectivity index (χ1v) is 22.2. The fourth-order valence-electron chi connectivity index (χ4n) is 6.73. The van der Waals surface area contributed by atoms with Gasteiger partial charge in [0.15, 0.2) is 23.7 Å². The molecule has 6 atom stereocenters. The van der Waals surface area contributed by atoms with E-state index < -0.39 is 42.0 Å². The second kappa shape index (κ2) is 24.7. The molecule has 2 aromatic rings. The highest BCUT2D eigenvalue weighted by molar-refractivity contribution is 8.04. The summed E-state index contributed by atoms with van der Waals surface area (Å²) in [6.45, 7) is 4.25. The van der Waals surface area contributed by atoms with E-state index in [1.165, 1.54) is 40.2 Å². The monoisotopic (exact) mass is 918 g/mol. The van der Waals surface area contributed by atoms with Gasteiger partial charge >= 0.3 is 12.0 Å². The van der Waals surface area contributed by atoms with Crippen molar-refractivity contribution in [2.24, 2.45) is 0 Å². The Morgan fingerprint density at radius 3 is 2.27 bits per heavy atom. The first-order chi connectivity index (χ1) is 30.4. The lowest BCUT2D eigenvalue weighted by Gasteiger charge is -2.21. The predicted molar refractivity (Wildman–Crippen MR) is 226 cm³/mol. The molecule has 0 bridgehead atoms. The summed E-state index contributed by atoms with van der Waals surface area (Å²) in [6.07, 6.45) is -1.76. The molecule has 2 aromatic carbocycles. The van der Waals surface area contributed by atoms with Gasteiger partial charge in [0, 0.05) is 42.6 Å². The number of hydrogen-bond acceptors (Lipinski definition) is 17. The number of carbonyl (C=O) groups is 5. The maximum Gasteiger partial charge on any atom is 0.361 e. The van der Waals surface area contributed by atoms with Crippen molar-refractivity contribution in [3.8, 4) is 22.6 Å². The average molecular weight is 919 g/mol. The number of methoxy groups -OCH3 is 2. The number of benzene rings is 2. The predicted octanol–water partition coefficient (Wildman–Crippen LogP) is 2.28. The van der Waals surface area contributed by atoms with Gasteiger partial charge in [-0.2, -0.15) is 21.9 Å². The molecular formula is C41H54N6O14S2. The molecule has 0 saturated carbocycles. The number of nitrogens with zero attached hydrogens (tertiary/aromatic N) is 1. The third-order valence-electron chi connectivity index (χ3n) is 9.71. The van der Waals surface area contributed by atoms with Crippen molar-refractivity contribution in [3.05, 3.63) is 48.0 Å². The van der Waals surface area contributed by atoms with Crippen LogP contribution in [0.25, 0.3) is 0 Å².